The maximum Gasteiger partial charge on any atom is 0.255 e. The molecule has 1 atom stereocenters. The number of alkyl halides is 1. The monoisotopic (exact) mass is 291 g/mol. The lowest BCUT2D eigenvalue weighted by Crippen LogP contribution is -2.33. The van der Waals surface area contributed by atoms with Crippen molar-refractivity contribution in [2.75, 3.05) is 5.88 Å². The van der Waals surface area contributed by atoms with Crippen LogP contribution in [0.15, 0.2) is 22.7 Å². The molecule has 5 heteroatoms. The van der Waals surface area contributed by atoms with Crippen LogP contribution in [0.4, 0.5) is 0 Å². The maximum atomic E-state index is 11.6. The number of carbonyl (C=O) groups is 1. The standard InChI is InChI=1S/C10H11BrClNO2/c1-6(5-12)13-10(15)8-4-7(11)2-3-9(8)14/h2-4,6,14H,5H2,1H3,(H,13,15). The van der Waals surface area contributed by atoms with E-state index in [1.54, 1.807) is 19.1 Å². The van der Waals surface area contributed by atoms with Gasteiger partial charge in [-0.15, -0.1) is 11.6 Å². The summed E-state index contributed by atoms with van der Waals surface area (Å²) >= 11 is 8.80. The van der Waals surface area contributed by atoms with Gasteiger partial charge in [0, 0.05) is 16.4 Å². The van der Waals surface area contributed by atoms with E-state index in [0.29, 0.717) is 5.88 Å². The quantitative estimate of drug-likeness (QED) is 0.841. The highest BCUT2D eigenvalue weighted by atomic mass is 79.9. The Labute approximate surface area is 102 Å². The van der Waals surface area contributed by atoms with E-state index in [9.17, 15) is 9.90 Å². The number of nitrogens with one attached hydrogen (secondary N) is 1. The summed E-state index contributed by atoms with van der Waals surface area (Å²) in [6.45, 7) is 1.79. The van der Waals surface area contributed by atoms with Gasteiger partial charge in [-0.3, -0.25) is 4.79 Å². The number of benzene rings is 1. The van der Waals surface area contributed by atoms with Crippen LogP contribution in [0.5, 0.6) is 5.75 Å². The number of halogens is 2. The molecule has 0 saturated carbocycles. The van der Waals surface area contributed by atoms with Gasteiger partial charge in [0.2, 0.25) is 0 Å². The van der Waals surface area contributed by atoms with Crippen LogP contribution in [0.1, 0.15) is 17.3 Å². The van der Waals surface area contributed by atoms with Crippen LogP contribution >= 0.6 is 27.5 Å². The summed E-state index contributed by atoms with van der Waals surface area (Å²) in [5, 5.41) is 12.1. The second-order valence-corrected chi connectivity index (χ2v) is 4.41. The van der Waals surface area contributed by atoms with Crippen LogP contribution in [0.2, 0.25) is 0 Å². The molecule has 1 rings (SSSR count). The molecular weight excluding hydrogens is 281 g/mol. The molecule has 0 spiro atoms. The van der Waals surface area contributed by atoms with E-state index >= 15 is 0 Å². The Morgan fingerprint density at radius 1 is 1.67 bits per heavy atom. The zero-order chi connectivity index (χ0) is 11.4. The zero-order valence-electron chi connectivity index (χ0n) is 8.13. The SMILES string of the molecule is CC(CCl)NC(=O)c1cc(Br)ccc1O. The van der Waals surface area contributed by atoms with Gasteiger partial charge in [-0.25, -0.2) is 0 Å². The number of hydrogen-bond donors (Lipinski definition) is 2. The third-order valence-electron chi connectivity index (χ3n) is 1.81. The number of amides is 1. The molecule has 82 valence electrons. The second kappa shape index (κ2) is 5.37. The van der Waals surface area contributed by atoms with Crippen molar-refractivity contribution in [2.24, 2.45) is 0 Å². The summed E-state index contributed by atoms with van der Waals surface area (Å²) in [5.41, 5.74) is 0.237. The fraction of sp³-hybridized carbons (Fsp3) is 0.300. The summed E-state index contributed by atoms with van der Waals surface area (Å²) in [7, 11) is 0. The highest BCUT2D eigenvalue weighted by molar-refractivity contribution is 9.10. The molecule has 0 aromatic heterocycles. The predicted molar refractivity (Wildman–Crippen MR) is 63.5 cm³/mol. The van der Waals surface area contributed by atoms with Crippen molar-refractivity contribution in [3.8, 4) is 5.75 Å². The van der Waals surface area contributed by atoms with E-state index < -0.39 is 0 Å². The fourth-order valence-corrected chi connectivity index (χ4v) is 1.47. The Hall–Kier alpha value is -0.740. The number of rotatable bonds is 3. The van der Waals surface area contributed by atoms with Crippen LogP contribution in [-0.4, -0.2) is 22.9 Å². The lowest BCUT2D eigenvalue weighted by Gasteiger charge is -2.11. The minimum Gasteiger partial charge on any atom is -0.507 e. The molecule has 2 N–H and O–H groups in total. The topological polar surface area (TPSA) is 49.3 Å². The van der Waals surface area contributed by atoms with Gasteiger partial charge in [0.25, 0.3) is 5.91 Å². The Kier molecular flexibility index (Phi) is 4.42. The van der Waals surface area contributed by atoms with Gasteiger partial charge in [-0.2, -0.15) is 0 Å². The van der Waals surface area contributed by atoms with E-state index in [-0.39, 0.29) is 23.3 Å². The van der Waals surface area contributed by atoms with Gasteiger partial charge in [0.1, 0.15) is 5.75 Å². The lowest BCUT2D eigenvalue weighted by atomic mass is 10.2. The number of hydrogen-bond acceptors (Lipinski definition) is 2. The summed E-state index contributed by atoms with van der Waals surface area (Å²) in [6.07, 6.45) is 0. The van der Waals surface area contributed by atoms with Gasteiger partial charge in [-0.05, 0) is 25.1 Å². The Bertz CT molecular complexity index is 370. The van der Waals surface area contributed by atoms with E-state index in [0.717, 1.165) is 4.47 Å². The number of carbonyl (C=O) groups excluding carboxylic acids is 1. The third kappa shape index (κ3) is 3.39. The number of aromatic hydroxyl groups is 1. The van der Waals surface area contributed by atoms with Crippen molar-refractivity contribution in [1.82, 2.24) is 5.32 Å². The molecule has 1 unspecified atom stereocenters. The molecule has 0 aliphatic heterocycles. The molecule has 1 aromatic carbocycles. The Balaban J connectivity index is 2.86. The van der Waals surface area contributed by atoms with Crippen molar-refractivity contribution in [3.05, 3.63) is 28.2 Å². The molecule has 15 heavy (non-hydrogen) atoms. The lowest BCUT2D eigenvalue weighted by molar-refractivity contribution is 0.0941. The molecule has 0 bridgehead atoms. The molecule has 0 aliphatic rings. The predicted octanol–water partition coefficient (Wildman–Crippen LogP) is 2.51. The number of phenols is 1. The van der Waals surface area contributed by atoms with Crippen molar-refractivity contribution in [3.63, 3.8) is 0 Å². The molecule has 0 aliphatic carbocycles. The smallest absolute Gasteiger partial charge is 0.255 e. The second-order valence-electron chi connectivity index (χ2n) is 3.19. The van der Waals surface area contributed by atoms with E-state index in [4.69, 9.17) is 11.6 Å². The highest BCUT2D eigenvalue weighted by Crippen LogP contribution is 2.21. The van der Waals surface area contributed by atoms with E-state index in [1.165, 1.54) is 6.07 Å². The van der Waals surface area contributed by atoms with Crippen LogP contribution in [-0.2, 0) is 0 Å². The highest BCUT2D eigenvalue weighted by Gasteiger charge is 2.13. The van der Waals surface area contributed by atoms with Crippen LogP contribution in [0.3, 0.4) is 0 Å². The first-order valence-electron chi connectivity index (χ1n) is 4.40. The zero-order valence-corrected chi connectivity index (χ0v) is 10.5. The van der Waals surface area contributed by atoms with Gasteiger partial charge in [0.05, 0.1) is 5.56 Å². The average molecular weight is 293 g/mol. The summed E-state index contributed by atoms with van der Waals surface area (Å²) < 4.78 is 0.740. The minimum atomic E-state index is -0.332. The molecular formula is C10H11BrClNO2. The first-order valence-corrected chi connectivity index (χ1v) is 5.72. The van der Waals surface area contributed by atoms with Gasteiger partial charge < -0.3 is 10.4 Å². The summed E-state index contributed by atoms with van der Waals surface area (Å²) in [4.78, 5) is 11.6. The molecule has 0 heterocycles. The fourth-order valence-electron chi connectivity index (χ4n) is 1.03. The Morgan fingerprint density at radius 2 is 2.33 bits per heavy atom. The third-order valence-corrected chi connectivity index (χ3v) is 2.77. The van der Waals surface area contributed by atoms with Crippen molar-refractivity contribution in [2.45, 2.75) is 13.0 Å². The van der Waals surface area contributed by atoms with Crippen molar-refractivity contribution in [1.29, 1.82) is 0 Å². The van der Waals surface area contributed by atoms with Crippen LogP contribution < -0.4 is 5.32 Å². The molecule has 1 aromatic rings. The minimum absolute atomic E-state index is 0.0440. The molecule has 0 fully saturated rings. The van der Waals surface area contributed by atoms with E-state index in [2.05, 4.69) is 21.2 Å². The van der Waals surface area contributed by atoms with Gasteiger partial charge >= 0.3 is 0 Å². The average Bonchev–Trinajstić information content (AvgIpc) is 2.21. The van der Waals surface area contributed by atoms with Gasteiger partial charge in [-0.1, -0.05) is 15.9 Å². The van der Waals surface area contributed by atoms with E-state index in [1.807, 2.05) is 0 Å². The molecule has 3 nitrogen and oxygen atoms in total. The first kappa shape index (κ1) is 12.3. The van der Waals surface area contributed by atoms with Crippen molar-refractivity contribution < 1.29 is 9.90 Å². The Morgan fingerprint density at radius 3 is 2.93 bits per heavy atom. The number of phenolic OH excluding ortho intramolecular Hbond substituents is 1. The van der Waals surface area contributed by atoms with Crippen LogP contribution in [0.25, 0.3) is 0 Å². The summed E-state index contributed by atoms with van der Waals surface area (Å²) in [5.74, 6) is -0.0417. The largest absolute Gasteiger partial charge is 0.507 e. The molecule has 1 amide bonds. The van der Waals surface area contributed by atoms with Gasteiger partial charge in [0.15, 0.2) is 0 Å². The molecule has 0 radical (unpaired) electrons. The normalized spacial score (nSPS) is 12.2. The van der Waals surface area contributed by atoms with Crippen LogP contribution in [0, 0.1) is 0 Å². The summed E-state index contributed by atoms with van der Waals surface area (Å²) in [6, 6.07) is 4.56. The van der Waals surface area contributed by atoms with Crippen molar-refractivity contribution >= 4 is 33.4 Å². The molecule has 0 saturated heterocycles. The maximum absolute atomic E-state index is 11.6. The first-order chi connectivity index (χ1) is 7.04.